The average Bonchev–Trinajstić information content (AvgIpc) is 3.04. The molecule has 4 rings (SSSR count). The molecule has 15 heteroatoms. The van der Waals surface area contributed by atoms with Crippen molar-refractivity contribution in [2.75, 3.05) is 30.9 Å². The van der Waals surface area contributed by atoms with Gasteiger partial charge in [-0.3, -0.25) is 0 Å². The molecule has 0 saturated heterocycles. The summed E-state index contributed by atoms with van der Waals surface area (Å²) in [6.45, 7) is 6.78. The van der Waals surface area contributed by atoms with Gasteiger partial charge in [0.1, 0.15) is 12.4 Å². The lowest BCUT2D eigenvalue weighted by molar-refractivity contribution is -0.138. The van der Waals surface area contributed by atoms with Crippen LogP contribution in [-0.4, -0.2) is 52.4 Å². The molecule has 0 fully saturated rings. The van der Waals surface area contributed by atoms with Gasteiger partial charge in [-0.1, -0.05) is 32.0 Å². The Labute approximate surface area is 274 Å². The number of nitrogens with one attached hydrogen (secondary N) is 3. The second-order valence-corrected chi connectivity index (χ2v) is 11.2. The molecule has 2 aromatic heterocycles. The molecule has 0 saturated carbocycles. The van der Waals surface area contributed by atoms with Crippen LogP contribution in [0.5, 0.6) is 17.4 Å². The zero-order valence-corrected chi connectivity index (χ0v) is 26.9. The van der Waals surface area contributed by atoms with Crippen LogP contribution in [0, 0.1) is 6.92 Å². The Kier molecular flexibility index (Phi) is 10.9. The van der Waals surface area contributed by atoms with Crippen molar-refractivity contribution in [3.05, 3.63) is 83.3 Å². The van der Waals surface area contributed by atoms with Gasteiger partial charge in [-0.2, -0.15) is 13.2 Å². The van der Waals surface area contributed by atoms with E-state index in [1.807, 2.05) is 31.2 Å². The minimum absolute atomic E-state index is 0.121. The van der Waals surface area contributed by atoms with Crippen molar-refractivity contribution >= 4 is 23.5 Å². The number of nitrogens with zero attached hydrogens (tertiary/aromatic N) is 3. The van der Waals surface area contributed by atoms with Gasteiger partial charge < -0.3 is 35.3 Å². The van der Waals surface area contributed by atoms with Crippen molar-refractivity contribution in [3.63, 3.8) is 0 Å². The number of carboxylic acid groups (broad SMARTS) is 1. The average molecular weight is 669 g/mol. The summed E-state index contributed by atoms with van der Waals surface area (Å²) >= 11 is 0. The van der Waals surface area contributed by atoms with Gasteiger partial charge in [0.05, 0.1) is 36.9 Å². The third-order valence-corrected chi connectivity index (χ3v) is 7.13. The van der Waals surface area contributed by atoms with Crippen LogP contribution in [0.2, 0.25) is 0 Å². The van der Waals surface area contributed by atoms with E-state index in [1.165, 1.54) is 38.4 Å². The van der Waals surface area contributed by atoms with Gasteiger partial charge in [-0.05, 0) is 55.3 Å². The van der Waals surface area contributed by atoms with E-state index < -0.39 is 29.3 Å². The molecule has 0 aliphatic rings. The van der Waals surface area contributed by atoms with E-state index in [-0.39, 0.29) is 36.0 Å². The predicted octanol–water partition coefficient (Wildman–Crippen LogP) is 7.04. The van der Waals surface area contributed by atoms with E-state index in [1.54, 1.807) is 20.1 Å². The molecule has 0 bridgehead atoms. The van der Waals surface area contributed by atoms with Crippen molar-refractivity contribution < 1.29 is 42.1 Å². The number of pyridine rings is 1. The van der Waals surface area contributed by atoms with Crippen molar-refractivity contribution in [3.8, 4) is 28.8 Å². The van der Waals surface area contributed by atoms with Crippen molar-refractivity contribution in [2.45, 2.75) is 45.9 Å². The predicted molar refractivity (Wildman–Crippen MR) is 172 cm³/mol. The summed E-state index contributed by atoms with van der Waals surface area (Å²) in [5.41, 5.74) is -0.409. The van der Waals surface area contributed by atoms with Gasteiger partial charge in [0.2, 0.25) is 0 Å². The van der Waals surface area contributed by atoms with E-state index in [4.69, 9.17) is 19.3 Å². The lowest BCUT2D eigenvalue weighted by Crippen LogP contribution is -2.37. The number of aromatic nitrogens is 3. The number of urea groups is 1. The number of aryl methyl sites for hydroxylation is 1. The number of amides is 3. The molecule has 2 heterocycles. The maximum absolute atomic E-state index is 14.0. The quantitative estimate of drug-likeness (QED) is 0.124. The Morgan fingerprint density at radius 2 is 1.67 bits per heavy atom. The summed E-state index contributed by atoms with van der Waals surface area (Å²) in [5.74, 6) is 1.69. The highest BCUT2D eigenvalue weighted by Crippen LogP contribution is 2.39. The number of rotatable bonds is 12. The first kappa shape index (κ1) is 35.3. The van der Waals surface area contributed by atoms with Gasteiger partial charge >= 0.3 is 18.3 Å². The number of anilines is 2. The number of hydrogen-bond donors (Lipinski definition) is 4. The van der Waals surface area contributed by atoms with Crippen LogP contribution in [0.3, 0.4) is 0 Å². The number of carbonyl (C=O) groups is 2. The van der Waals surface area contributed by atoms with Gasteiger partial charge in [-0.25, -0.2) is 24.5 Å². The second-order valence-electron chi connectivity index (χ2n) is 11.2. The Morgan fingerprint density at radius 3 is 2.29 bits per heavy atom. The number of ether oxygens (including phenoxy) is 3. The standard InChI is InChI=1S/C33H35F3N6O6/c1-6-47-27-13-21(15-38-29(27)48-17-20-7-10-23(46-5)11-8-20)28-37-16-26(19(2)40-28)42-30(43)41-22-9-12-24(25(14-22)33(34,35)36)32(3,4)18-39-31(44)45/h7-16,39H,6,17-18H2,1-5H3,(H,44,45)(H2,41,42,43). The van der Waals surface area contributed by atoms with Crippen LogP contribution in [0.1, 0.15) is 43.2 Å². The maximum atomic E-state index is 14.0. The Morgan fingerprint density at radius 1 is 0.938 bits per heavy atom. The topological polar surface area (TPSA) is 157 Å². The van der Waals surface area contributed by atoms with Gasteiger partial charge in [0.25, 0.3) is 5.88 Å². The monoisotopic (exact) mass is 668 g/mol. The number of carbonyl (C=O) groups excluding carboxylic acids is 1. The van der Waals surface area contributed by atoms with Crippen LogP contribution in [0.4, 0.5) is 34.1 Å². The summed E-state index contributed by atoms with van der Waals surface area (Å²) in [6.07, 6.45) is -3.22. The molecule has 0 aliphatic heterocycles. The molecule has 254 valence electrons. The van der Waals surface area contributed by atoms with E-state index in [2.05, 4.69) is 30.9 Å². The molecule has 48 heavy (non-hydrogen) atoms. The molecule has 0 atom stereocenters. The van der Waals surface area contributed by atoms with Gasteiger partial charge in [0.15, 0.2) is 11.6 Å². The summed E-state index contributed by atoms with van der Waals surface area (Å²) < 4.78 is 58.8. The largest absolute Gasteiger partial charge is 0.497 e. The molecule has 2 aromatic carbocycles. The Bertz CT molecular complexity index is 1770. The van der Waals surface area contributed by atoms with Crippen molar-refractivity contribution in [1.82, 2.24) is 20.3 Å². The first-order valence-corrected chi connectivity index (χ1v) is 14.7. The highest BCUT2D eigenvalue weighted by Gasteiger charge is 2.38. The molecule has 4 N–H and O–H groups in total. The molecule has 3 amide bonds. The molecular formula is C33H35F3N6O6. The van der Waals surface area contributed by atoms with Gasteiger partial charge in [0, 0.05) is 29.4 Å². The fraction of sp³-hybridized carbons (Fsp3) is 0.303. The van der Waals surface area contributed by atoms with Crippen LogP contribution in [0.25, 0.3) is 11.4 Å². The van der Waals surface area contributed by atoms with Crippen LogP contribution < -0.4 is 30.2 Å². The fourth-order valence-corrected chi connectivity index (χ4v) is 4.65. The Balaban J connectivity index is 1.47. The zero-order chi connectivity index (χ0) is 35.1. The number of methoxy groups -OCH3 is 1. The molecule has 12 nitrogen and oxygen atoms in total. The van der Waals surface area contributed by atoms with E-state index >= 15 is 0 Å². The first-order chi connectivity index (χ1) is 22.7. The normalized spacial score (nSPS) is 11.4. The van der Waals surface area contributed by atoms with Crippen LogP contribution in [-0.2, 0) is 18.2 Å². The minimum Gasteiger partial charge on any atom is -0.497 e. The fourth-order valence-electron chi connectivity index (χ4n) is 4.65. The molecule has 0 unspecified atom stereocenters. The number of benzene rings is 2. The molecule has 0 spiro atoms. The van der Waals surface area contributed by atoms with Gasteiger partial charge in [-0.15, -0.1) is 0 Å². The summed E-state index contributed by atoms with van der Waals surface area (Å²) in [4.78, 5) is 36.9. The maximum Gasteiger partial charge on any atom is 0.416 e. The highest BCUT2D eigenvalue weighted by atomic mass is 19.4. The van der Waals surface area contributed by atoms with E-state index in [9.17, 15) is 22.8 Å². The lowest BCUT2D eigenvalue weighted by Gasteiger charge is -2.28. The Hall–Kier alpha value is -5.60. The van der Waals surface area contributed by atoms with Crippen LogP contribution >= 0.6 is 0 Å². The minimum atomic E-state index is -4.76. The number of alkyl halides is 3. The van der Waals surface area contributed by atoms with E-state index in [0.29, 0.717) is 29.4 Å². The molecule has 0 aliphatic carbocycles. The summed E-state index contributed by atoms with van der Waals surface area (Å²) in [6, 6.07) is 11.6. The molecule has 0 radical (unpaired) electrons. The zero-order valence-electron chi connectivity index (χ0n) is 26.9. The van der Waals surface area contributed by atoms with Crippen LogP contribution in [0.15, 0.2) is 60.9 Å². The summed E-state index contributed by atoms with van der Waals surface area (Å²) in [7, 11) is 1.59. The SMILES string of the molecule is CCOc1cc(-c2ncc(NC(=O)Nc3ccc(C(C)(C)CNC(=O)O)c(C(F)(F)F)c3)c(C)n2)cnc1OCc1ccc(OC)cc1. The van der Waals surface area contributed by atoms with E-state index in [0.717, 1.165) is 17.4 Å². The molecular weight excluding hydrogens is 633 g/mol. The third-order valence-electron chi connectivity index (χ3n) is 7.13. The highest BCUT2D eigenvalue weighted by molar-refractivity contribution is 6.00. The van der Waals surface area contributed by atoms with Crippen molar-refractivity contribution in [1.29, 1.82) is 0 Å². The first-order valence-electron chi connectivity index (χ1n) is 14.7. The van der Waals surface area contributed by atoms with Crippen molar-refractivity contribution in [2.24, 2.45) is 0 Å². The smallest absolute Gasteiger partial charge is 0.416 e. The third kappa shape index (κ3) is 9.02. The number of halogens is 3. The number of hydrogen-bond acceptors (Lipinski definition) is 8. The lowest BCUT2D eigenvalue weighted by atomic mass is 9.81. The second kappa shape index (κ2) is 14.9. The summed E-state index contributed by atoms with van der Waals surface area (Å²) in [5, 5.41) is 16.0. The molecule has 4 aromatic rings.